The largest absolute Gasteiger partial charge is 0.354 e. The number of anilines is 2. The molecular formula is C16H24N4S. The smallest absolute Gasteiger partial charge is 0.226 e. The molecule has 0 aromatic carbocycles. The molecule has 0 unspecified atom stereocenters. The number of hydrogen-bond donors (Lipinski definition) is 1. The van der Waals surface area contributed by atoms with Crippen molar-refractivity contribution in [2.75, 3.05) is 23.3 Å². The predicted octanol–water partition coefficient (Wildman–Crippen LogP) is 4.20. The van der Waals surface area contributed by atoms with E-state index in [0.29, 0.717) is 6.04 Å². The van der Waals surface area contributed by atoms with Crippen LogP contribution in [0.25, 0.3) is 10.2 Å². The van der Waals surface area contributed by atoms with Crippen LogP contribution in [-0.2, 0) is 0 Å². The number of nitrogens with one attached hydrogen (secondary N) is 1. The Bertz CT molecular complexity index is 618. The van der Waals surface area contributed by atoms with Gasteiger partial charge in [0.05, 0.1) is 5.39 Å². The van der Waals surface area contributed by atoms with Gasteiger partial charge in [-0.1, -0.05) is 13.8 Å². The van der Waals surface area contributed by atoms with Gasteiger partial charge >= 0.3 is 0 Å². The van der Waals surface area contributed by atoms with Gasteiger partial charge in [-0.3, -0.25) is 0 Å². The van der Waals surface area contributed by atoms with Crippen molar-refractivity contribution in [1.82, 2.24) is 9.97 Å². The molecule has 114 valence electrons. The second kappa shape index (κ2) is 6.18. The van der Waals surface area contributed by atoms with E-state index in [-0.39, 0.29) is 0 Å². The zero-order chi connectivity index (χ0) is 14.8. The van der Waals surface area contributed by atoms with Crippen LogP contribution in [-0.4, -0.2) is 29.1 Å². The first-order valence-corrected chi connectivity index (χ1v) is 8.83. The Morgan fingerprint density at radius 1 is 1.29 bits per heavy atom. The molecule has 4 nitrogen and oxygen atoms in total. The molecule has 1 saturated carbocycles. The molecule has 2 aromatic heterocycles. The minimum Gasteiger partial charge on any atom is -0.354 e. The Balaban J connectivity index is 2.04. The fourth-order valence-corrected chi connectivity index (χ4v) is 3.52. The van der Waals surface area contributed by atoms with Crippen LogP contribution in [0.5, 0.6) is 0 Å². The molecule has 1 N–H and O–H groups in total. The molecular weight excluding hydrogens is 280 g/mol. The number of nitrogens with zero attached hydrogens (tertiary/aromatic N) is 3. The van der Waals surface area contributed by atoms with E-state index in [1.54, 1.807) is 11.3 Å². The summed E-state index contributed by atoms with van der Waals surface area (Å²) in [5.74, 6) is 1.91. The fraction of sp³-hybridized carbons (Fsp3) is 0.625. The average molecular weight is 304 g/mol. The number of rotatable bonds is 7. The standard InChI is InChI=1S/C16H24N4S/c1-4-8-17-16-18-14(20(9-5-2)12-6-7-12)13-10-11(3)21-15(13)19-16/h10,12H,4-9H2,1-3H3,(H,17,18,19). The Labute approximate surface area is 130 Å². The second-order valence-electron chi connectivity index (χ2n) is 5.80. The van der Waals surface area contributed by atoms with Gasteiger partial charge in [-0.15, -0.1) is 11.3 Å². The van der Waals surface area contributed by atoms with Crippen molar-refractivity contribution in [2.24, 2.45) is 0 Å². The lowest BCUT2D eigenvalue weighted by Gasteiger charge is -2.24. The zero-order valence-electron chi connectivity index (χ0n) is 13.1. The van der Waals surface area contributed by atoms with Crippen molar-refractivity contribution in [3.8, 4) is 0 Å². The van der Waals surface area contributed by atoms with Gasteiger partial charge in [0.15, 0.2) is 0 Å². The van der Waals surface area contributed by atoms with E-state index in [1.807, 2.05) is 0 Å². The van der Waals surface area contributed by atoms with Crippen molar-refractivity contribution in [2.45, 2.75) is 52.5 Å². The molecule has 1 fully saturated rings. The zero-order valence-corrected chi connectivity index (χ0v) is 14.0. The summed E-state index contributed by atoms with van der Waals surface area (Å²) >= 11 is 1.76. The van der Waals surface area contributed by atoms with Crippen LogP contribution in [0.4, 0.5) is 11.8 Å². The Hall–Kier alpha value is -1.36. The lowest BCUT2D eigenvalue weighted by molar-refractivity contribution is 0.753. The van der Waals surface area contributed by atoms with Crippen LogP contribution < -0.4 is 10.2 Å². The van der Waals surface area contributed by atoms with E-state index in [9.17, 15) is 0 Å². The Kier molecular flexibility index (Phi) is 4.29. The molecule has 3 rings (SSSR count). The van der Waals surface area contributed by atoms with Gasteiger partial charge in [0.2, 0.25) is 5.95 Å². The van der Waals surface area contributed by atoms with Crippen LogP contribution in [0, 0.1) is 6.92 Å². The van der Waals surface area contributed by atoms with E-state index in [4.69, 9.17) is 4.98 Å². The van der Waals surface area contributed by atoms with Crippen molar-refractivity contribution in [3.63, 3.8) is 0 Å². The number of thiophene rings is 1. The molecule has 1 aliphatic carbocycles. The van der Waals surface area contributed by atoms with E-state index >= 15 is 0 Å². The minimum absolute atomic E-state index is 0.683. The monoisotopic (exact) mass is 304 g/mol. The first-order chi connectivity index (χ1) is 10.2. The molecule has 0 amide bonds. The van der Waals surface area contributed by atoms with Crippen LogP contribution in [0.2, 0.25) is 0 Å². The van der Waals surface area contributed by atoms with E-state index in [1.165, 1.54) is 23.1 Å². The number of aryl methyl sites for hydroxylation is 1. The van der Waals surface area contributed by atoms with Crippen LogP contribution in [0.3, 0.4) is 0 Å². The second-order valence-corrected chi connectivity index (χ2v) is 7.03. The topological polar surface area (TPSA) is 41.1 Å². The SMILES string of the molecule is CCCNc1nc(N(CCC)C2CC2)c2cc(C)sc2n1. The third-order valence-corrected chi connectivity index (χ3v) is 4.70. The summed E-state index contributed by atoms with van der Waals surface area (Å²) in [4.78, 5) is 14.4. The van der Waals surface area contributed by atoms with Crippen LogP contribution >= 0.6 is 11.3 Å². The maximum atomic E-state index is 4.84. The molecule has 2 aromatic rings. The highest BCUT2D eigenvalue weighted by Crippen LogP contribution is 2.37. The molecule has 0 spiro atoms. The molecule has 0 atom stereocenters. The van der Waals surface area contributed by atoms with Crippen molar-refractivity contribution >= 4 is 33.3 Å². The van der Waals surface area contributed by atoms with E-state index < -0.39 is 0 Å². The van der Waals surface area contributed by atoms with Crippen molar-refractivity contribution in [1.29, 1.82) is 0 Å². The third kappa shape index (κ3) is 3.12. The van der Waals surface area contributed by atoms with Gasteiger partial charge in [-0.05, 0) is 38.7 Å². The lowest BCUT2D eigenvalue weighted by Crippen LogP contribution is -2.28. The molecule has 0 bridgehead atoms. The summed E-state index contributed by atoms with van der Waals surface area (Å²) in [6, 6.07) is 2.92. The summed E-state index contributed by atoms with van der Waals surface area (Å²) in [5.41, 5.74) is 0. The predicted molar refractivity (Wildman–Crippen MR) is 91.6 cm³/mol. The molecule has 0 radical (unpaired) electrons. The lowest BCUT2D eigenvalue weighted by atomic mass is 10.3. The van der Waals surface area contributed by atoms with Crippen LogP contribution in [0.1, 0.15) is 44.4 Å². The van der Waals surface area contributed by atoms with Gasteiger partial charge in [-0.25, -0.2) is 4.98 Å². The number of hydrogen-bond acceptors (Lipinski definition) is 5. The van der Waals surface area contributed by atoms with E-state index in [0.717, 1.165) is 42.5 Å². The number of fused-ring (bicyclic) bond motifs is 1. The maximum Gasteiger partial charge on any atom is 0.226 e. The summed E-state index contributed by atoms with van der Waals surface area (Å²) in [6.45, 7) is 8.56. The first-order valence-electron chi connectivity index (χ1n) is 8.01. The molecule has 21 heavy (non-hydrogen) atoms. The van der Waals surface area contributed by atoms with E-state index in [2.05, 4.69) is 42.0 Å². The summed E-state index contributed by atoms with van der Waals surface area (Å²) in [6.07, 6.45) is 4.84. The van der Waals surface area contributed by atoms with Gasteiger partial charge < -0.3 is 10.2 Å². The molecule has 2 heterocycles. The third-order valence-electron chi connectivity index (χ3n) is 3.75. The van der Waals surface area contributed by atoms with Crippen molar-refractivity contribution in [3.05, 3.63) is 10.9 Å². The molecule has 0 saturated heterocycles. The number of aromatic nitrogens is 2. The maximum absolute atomic E-state index is 4.84. The summed E-state index contributed by atoms with van der Waals surface area (Å²) in [7, 11) is 0. The van der Waals surface area contributed by atoms with Gasteiger partial charge in [0.25, 0.3) is 0 Å². The minimum atomic E-state index is 0.683. The van der Waals surface area contributed by atoms with Gasteiger partial charge in [-0.2, -0.15) is 4.98 Å². The van der Waals surface area contributed by atoms with Crippen molar-refractivity contribution < 1.29 is 0 Å². The Morgan fingerprint density at radius 3 is 2.76 bits per heavy atom. The highest BCUT2D eigenvalue weighted by molar-refractivity contribution is 7.18. The average Bonchev–Trinajstić information content (AvgIpc) is 3.23. The highest BCUT2D eigenvalue weighted by atomic mass is 32.1. The molecule has 1 aliphatic rings. The normalized spacial score (nSPS) is 14.6. The van der Waals surface area contributed by atoms with Gasteiger partial charge in [0, 0.05) is 24.0 Å². The highest BCUT2D eigenvalue weighted by Gasteiger charge is 2.31. The molecule has 0 aliphatic heterocycles. The van der Waals surface area contributed by atoms with Crippen LogP contribution in [0.15, 0.2) is 6.07 Å². The Morgan fingerprint density at radius 2 is 2.10 bits per heavy atom. The van der Waals surface area contributed by atoms with Gasteiger partial charge in [0.1, 0.15) is 10.6 Å². The summed E-state index contributed by atoms with van der Waals surface area (Å²) < 4.78 is 0. The first kappa shape index (κ1) is 14.6. The summed E-state index contributed by atoms with van der Waals surface area (Å²) in [5, 5.41) is 4.57. The fourth-order valence-electron chi connectivity index (χ4n) is 2.65. The quantitative estimate of drug-likeness (QED) is 0.832. The molecule has 5 heteroatoms.